The van der Waals surface area contributed by atoms with Crippen LogP contribution in [0.4, 0.5) is 0 Å². The molecule has 1 aromatic heterocycles. The van der Waals surface area contributed by atoms with Gasteiger partial charge in [-0.3, -0.25) is 9.78 Å². The summed E-state index contributed by atoms with van der Waals surface area (Å²) in [5, 5.41) is 0. The first-order chi connectivity index (χ1) is 7.34. The second-order valence-corrected chi connectivity index (χ2v) is 3.47. The summed E-state index contributed by atoms with van der Waals surface area (Å²) in [5.74, 6) is 0.0795. The van der Waals surface area contributed by atoms with Crippen LogP contribution in [0.1, 0.15) is 42.6 Å². The zero-order valence-electron chi connectivity index (χ0n) is 8.85. The standard InChI is InChI=1S/C11H17N3O/c12-6-4-2-1-3-5-11(15)10-9-13-7-8-14-10/h7-9H,1-6,12H2. The zero-order chi connectivity index (χ0) is 10.9. The van der Waals surface area contributed by atoms with Crippen LogP contribution < -0.4 is 5.73 Å². The highest BCUT2D eigenvalue weighted by molar-refractivity contribution is 5.93. The van der Waals surface area contributed by atoms with E-state index < -0.39 is 0 Å². The molecule has 0 atom stereocenters. The smallest absolute Gasteiger partial charge is 0.182 e. The Hall–Kier alpha value is -1.29. The van der Waals surface area contributed by atoms with Crippen molar-refractivity contribution in [1.82, 2.24) is 9.97 Å². The Morgan fingerprint density at radius 2 is 2.00 bits per heavy atom. The van der Waals surface area contributed by atoms with Crippen molar-refractivity contribution in [2.45, 2.75) is 32.1 Å². The summed E-state index contributed by atoms with van der Waals surface area (Å²) >= 11 is 0. The van der Waals surface area contributed by atoms with Gasteiger partial charge in [0.05, 0.1) is 6.20 Å². The van der Waals surface area contributed by atoms with E-state index in [-0.39, 0.29) is 5.78 Å². The molecule has 0 bridgehead atoms. The fraction of sp³-hybridized carbons (Fsp3) is 0.545. The van der Waals surface area contributed by atoms with Gasteiger partial charge in [-0.05, 0) is 19.4 Å². The zero-order valence-corrected chi connectivity index (χ0v) is 8.85. The first-order valence-electron chi connectivity index (χ1n) is 5.34. The van der Waals surface area contributed by atoms with Gasteiger partial charge in [-0.25, -0.2) is 4.98 Å². The van der Waals surface area contributed by atoms with E-state index in [0.717, 1.165) is 32.2 Å². The molecule has 15 heavy (non-hydrogen) atoms. The van der Waals surface area contributed by atoms with E-state index in [9.17, 15) is 4.79 Å². The lowest BCUT2D eigenvalue weighted by molar-refractivity contribution is 0.0974. The molecule has 0 aliphatic carbocycles. The lowest BCUT2D eigenvalue weighted by atomic mass is 10.1. The van der Waals surface area contributed by atoms with E-state index in [1.807, 2.05) is 0 Å². The van der Waals surface area contributed by atoms with Gasteiger partial charge in [-0.2, -0.15) is 0 Å². The molecule has 1 rings (SSSR count). The van der Waals surface area contributed by atoms with E-state index in [4.69, 9.17) is 5.73 Å². The Labute approximate surface area is 89.9 Å². The van der Waals surface area contributed by atoms with Gasteiger partial charge in [-0.15, -0.1) is 0 Å². The number of unbranched alkanes of at least 4 members (excludes halogenated alkanes) is 3. The lowest BCUT2D eigenvalue weighted by Crippen LogP contribution is -2.02. The van der Waals surface area contributed by atoms with Crippen molar-refractivity contribution in [2.75, 3.05) is 6.54 Å². The minimum atomic E-state index is 0.0795. The predicted molar refractivity (Wildman–Crippen MR) is 58.5 cm³/mol. The molecule has 0 saturated carbocycles. The molecule has 0 fully saturated rings. The molecular formula is C11H17N3O. The summed E-state index contributed by atoms with van der Waals surface area (Å²) in [6, 6.07) is 0. The van der Waals surface area contributed by atoms with Crippen molar-refractivity contribution in [3.05, 3.63) is 24.3 Å². The third-order valence-corrected chi connectivity index (χ3v) is 2.21. The molecule has 0 aromatic carbocycles. The van der Waals surface area contributed by atoms with Crippen molar-refractivity contribution in [3.8, 4) is 0 Å². The number of nitrogens with two attached hydrogens (primary N) is 1. The van der Waals surface area contributed by atoms with Crippen LogP contribution in [0.25, 0.3) is 0 Å². The summed E-state index contributed by atoms with van der Waals surface area (Å²) in [5.41, 5.74) is 5.85. The normalized spacial score (nSPS) is 10.2. The molecule has 0 aliphatic heterocycles. The molecule has 0 saturated heterocycles. The van der Waals surface area contributed by atoms with Crippen LogP contribution in [0, 0.1) is 0 Å². The minimum Gasteiger partial charge on any atom is -0.330 e. The van der Waals surface area contributed by atoms with Gasteiger partial charge in [0, 0.05) is 18.8 Å². The lowest BCUT2D eigenvalue weighted by Gasteiger charge is -1.99. The predicted octanol–water partition coefficient (Wildman–Crippen LogP) is 1.57. The molecule has 0 aliphatic rings. The minimum absolute atomic E-state index is 0.0795. The number of nitrogens with zero attached hydrogens (tertiary/aromatic N) is 2. The van der Waals surface area contributed by atoms with Gasteiger partial charge < -0.3 is 5.73 Å². The fourth-order valence-corrected chi connectivity index (χ4v) is 1.35. The highest BCUT2D eigenvalue weighted by Gasteiger charge is 2.05. The molecule has 4 nitrogen and oxygen atoms in total. The van der Waals surface area contributed by atoms with E-state index in [1.54, 1.807) is 12.4 Å². The molecule has 4 heteroatoms. The number of ketones is 1. The SMILES string of the molecule is NCCCCCCC(=O)c1cnccn1. The number of aromatic nitrogens is 2. The Balaban J connectivity index is 2.20. The highest BCUT2D eigenvalue weighted by Crippen LogP contribution is 2.06. The number of Topliss-reactive ketones (excluding diaryl/α,β-unsaturated/α-hetero) is 1. The highest BCUT2D eigenvalue weighted by atomic mass is 16.1. The van der Waals surface area contributed by atoms with Gasteiger partial charge >= 0.3 is 0 Å². The maximum Gasteiger partial charge on any atom is 0.182 e. The number of carbonyl (C=O) groups excluding carboxylic acids is 1. The Bertz CT molecular complexity index is 287. The topological polar surface area (TPSA) is 68.9 Å². The van der Waals surface area contributed by atoms with Crippen molar-refractivity contribution < 1.29 is 4.79 Å². The molecule has 0 amide bonds. The monoisotopic (exact) mass is 207 g/mol. The van der Waals surface area contributed by atoms with Crippen molar-refractivity contribution in [3.63, 3.8) is 0 Å². The van der Waals surface area contributed by atoms with Gasteiger partial charge in [0.2, 0.25) is 0 Å². The van der Waals surface area contributed by atoms with Gasteiger partial charge in [0.25, 0.3) is 0 Å². The van der Waals surface area contributed by atoms with E-state index >= 15 is 0 Å². The first-order valence-corrected chi connectivity index (χ1v) is 5.34. The summed E-state index contributed by atoms with van der Waals surface area (Å²) in [6.07, 6.45) is 9.30. The maximum atomic E-state index is 11.6. The molecule has 2 N–H and O–H groups in total. The van der Waals surface area contributed by atoms with Crippen molar-refractivity contribution >= 4 is 5.78 Å². The maximum absolute atomic E-state index is 11.6. The van der Waals surface area contributed by atoms with Gasteiger partial charge in [0.15, 0.2) is 5.78 Å². The molecular weight excluding hydrogens is 190 g/mol. The number of hydrogen-bond acceptors (Lipinski definition) is 4. The molecule has 1 heterocycles. The second kappa shape index (κ2) is 7.06. The van der Waals surface area contributed by atoms with Crippen LogP contribution in [0.2, 0.25) is 0 Å². The molecule has 0 unspecified atom stereocenters. The van der Waals surface area contributed by atoms with Crippen molar-refractivity contribution in [2.24, 2.45) is 5.73 Å². The average Bonchev–Trinajstić information content (AvgIpc) is 2.30. The van der Waals surface area contributed by atoms with Crippen LogP contribution in [-0.2, 0) is 0 Å². The third kappa shape index (κ3) is 4.65. The summed E-state index contributed by atoms with van der Waals surface area (Å²) < 4.78 is 0. The Morgan fingerprint density at radius 1 is 1.20 bits per heavy atom. The number of rotatable bonds is 7. The van der Waals surface area contributed by atoms with E-state index in [1.165, 1.54) is 6.20 Å². The van der Waals surface area contributed by atoms with Crippen LogP contribution in [0.3, 0.4) is 0 Å². The summed E-state index contributed by atoms with van der Waals surface area (Å²) in [4.78, 5) is 19.4. The molecule has 0 spiro atoms. The van der Waals surface area contributed by atoms with Crippen LogP contribution >= 0.6 is 0 Å². The largest absolute Gasteiger partial charge is 0.330 e. The molecule has 82 valence electrons. The number of hydrogen-bond donors (Lipinski definition) is 1. The average molecular weight is 207 g/mol. The van der Waals surface area contributed by atoms with Crippen LogP contribution in [-0.4, -0.2) is 22.3 Å². The van der Waals surface area contributed by atoms with Crippen LogP contribution in [0.15, 0.2) is 18.6 Å². The first kappa shape index (κ1) is 11.8. The van der Waals surface area contributed by atoms with Gasteiger partial charge in [0.1, 0.15) is 5.69 Å². The Kier molecular flexibility index (Phi) is 5.55. The quantitative estimate of drug-likeness (QED) is 0.544. The van der Waals surface area contributed by atoms with Crippen LogP contribution in [0.5, 0.6) is 0 Å². The fourth-order valence-electron chi connectivity index (χ4n) is 1.35. The van der Waals surface area contributed by atoms with Gasteiger partial charge in [-0.1, -0.05) is 12.8 Å². The van der Waals surface area contributed by atoms with E-state index in [2.05, 4.69) is 9.97 Å². The van der Waals surface area contributed by atoms with E-state index in [0.29, 0.717) is 12.1 Å². The molecule has 1 aromatic rings. The summed E-state index contributed by atoms with van der Waals surface area (Å²) in [6.45, 7) is 0.734. The summed E-state index contributed by atoms with van der Waals surface area (Å²) in [7, 11) is 0. The second-order valence-electron chi connectivity index (χ2n) is 3.47. The number of carbonyl (C=O) groups is 1. The third-order valence-electron chi connectivity index (χ3n) is 2.21. The Morgan fingerprint density at radius 3 is 2.67 bits per heavy atom. The van der Waals surface area contributed by atoms with Crippen molar-refractivity contribution in [1.29, 1.82) is 0 Å². The molecule has 0 radical (unpaired) electrons.